The molecule has 12 heavy (non-hydrogen) atoms. The van der Waals surface area contributed by atoms with Crippen molar-refractivity contribution in [1.29, 1.82) is 0 Å². The van der Waals surface area contributed by atoms with Gasteiger partial charge < -0.3 is 4.84 Å². The molecule has 0 saturated heterocycles. The van der Waals surface area contributed by atoms with Crippen LogP contribution < -0.4 is 0 Å². The largest absolute Gasteiger partial charge is 0.393 e. The van der Waals surface area contributed by atoms with Crippen LogP contribution in [0, 0.1) is 5.92 Å². The fourth-order valence-electron chi connectivity index (χ4n) is 1.66. The Kier molecular flexibility index (Phi) is 2.64. The number of hydrogen-bond donors (Lipinski definition) is 0. The van der Waals surface area contributed by atoms with Gasteiger partial charge in [-0.15, -0.1) is 0 Å². The van der Waals surface area contributed by atoms with Crippen molar-refractivity contribution in [3.63, 3.8) is 0 Å². The molecular formula is C10H17NO. The summed E-state index contributed by atoms with van der Waals surface area (Å²) in [7, 11) is 0. The van der Waals surface area contributed by atoms with E-state index in [1.54, 1.807) is 0 Å². The molecule has 0 aromatic rings. The Morgan fingerprint density at radius 2 is 1.75 bits per heavy atom. The van der Waals surface area contributed by atoms with Gasteiger partial charge in [0.15, 0.2) is 0 Å². The Morgan fingerprint density at radius 1 is 1.00 bits per heavy atom. The highest BCUT2D eigenvalue weighted by atomic mass is 16.6. The van der Waals surface area contributed by atoms with Gasteiger partial charge in [-0.2, -0.15) is 0 Å². The third-order valence-electron chi connectivity index (χ3n) is 2.66. The van der Waals surface area contributed by atoms with Crippen molar-refractivity contribution in [2.24, 2.45) is 11.1 Å². The fourth-order valence-corrected chi connectivity index (χ4v) is 1.66. The minimum absolute atomic E-state index is 0.463. The van der Waals surface area contributed by atoms with E-state index in [2.05, 4.69) is 5.16 Å². The molecule has 0 heterocycles. The Balaban J connectivity index is 1.65. The minimum atomic E-state index is 0.463. The van der Waals surface area contributed by atoms with E-state index >= 15 is 0 Å². The maximum Gasteiger partial charge on any atom is 0.127 e. The topological polar surface area (TPSA) is 21.6 Å². The first-order chi connectivity index (χ1) is 5.95. The molecule has 2 fully saturated rings. The summed E-state index contributed by atoms with van der Waals surface area (Å²) < 4.78 is 0. The normalized spacial score (nSPS) is 26.3. The molecule has 0 bridgehead atoms. The summed E-state index contributed by atoms with van der Waals surface area (Å²) >= 11 is 0. The lowest BCUT2D eigenvalue weighted by Crippen LogP contribution is -2.07. The van der Waals surface area contributed by atoms with Gasteiger partial charge in [-0.3, -0.25) is 0 Å². The molecule has 0 radical (unpaired) electrons. The average Bonchev–Trinajstić information content (AvgIpc) is 2.90. The van der Waals surface area contributed by atoms with Crippen LogP contribution in [0.2, 0.25) is 0 Å². The molecule has 2 saturated carbocycles. The van der Waals surface area contributed by atoms with E-state index in [9.17, 15) is 0 Å². The third kappa shape index (κ3) is 2.50. The minimum Gasteiger partial charge on any atom is -0.393 e. The third-order valence-corrected chi connectivity index (χ3v) is 2.66. The van der Waals surface area contributed by atoms with Crippen LogP contribution in [0.5, 0.6) is 0 Å². The van der Waals surface area contributed by atoms with Crippen molar-refractivity contribution in [3.8, 4) is 0 Å². The molecule has 0 spiro atoms. The Bertz CT molecular complexity index is 157. The maximum absolute atomic E-state index is 5.23. The summed E-state index contributed by atoms with van der Waals surface area (Å²) in [6.45, 7) is 0. The second kappa shape index (κ2) is 3.92. The molecule has 0 aliphatic heterocycles. The molecule has 68 valence electrons. The first-order valence-corrected chi connectivity index (χ1v) is 5.14. The SMILES string of the molecule is C(=NOC1CC1)C1CCCCC1. The van der Waals surface area contributed by atoms with Crippen molar-refractivity contribution >= 4 is 6.21 Å². The molecule has 0 aromatic heterocycles. The summed E-state index contributed by atoms with van der Waals surface area (Å²) in [6, 6.07) is 0. The zero-order valence-corrected chi connectivity index (χ0v) is 7.54. The lowest BCUT2D eigenvalue weighted by atomic mass is 9.90. The second-order valence-corrected chi connectivity index (χ2v) is 3.96. The van der Waals surface area contributed by atoms with Crippen molar-refractivity contribution in [2.45, 2.75) is 51.0 Å². The van der Waals surface area contributed by atoms with Gasteiger partial charge in [0.25, 0.3) is 0 Å². The lowest BCUT2D eigenvalue weighted by molar-refractivity contribution is 0.128. The van der Waals surface area contributed by atoms with Crippen LogP contribution in [0.25, 0.3) is 0 Å². The zero-order valence-electron chi connectivity index (χ0n) is 7.54. The van der Waals surface area contributed by atoms with Crippen molar-refractivity contribution in [3.05, 3.63) is 0 Å². The van der Waals surface area contributed by atoms with E-state index in [4.69, 9.17) is 4.84 Å². The van der Waals surface area contributed by atoms with Crippen LogP contribution >= 0.6 is 0 Å². The van der Waals surface area contributed by atoms with Crippen LogP contribution in [0.15, 0.2) is 5.16 Å². The van der Waals surface area contributed by atoms with Gasteiger partial charge in [-0.05, 0) is 31.6 Å². The van der Waals surface area contributed by atoms with E-state index in [0.29, 0.717) is 12.0 Å². The monoisotopic (exact) mass is 167 g/mol. The molecule has 0 amide bonds. The summed E-state index contributed by atoms with van der Waals surface area (Å²) in [5.41, 5.74) is 0. The van der Waals surface area contributed by atoms with Crippen molar-refractivity contribution < 1.29 is 4.84 Å². The molecular weight excluding hydrogens is 150 g/mol. The highest BCUT2D eigenvalue weighted by molar-refractivity contribution is 5.59. The van der Waals surface area contributed by atoms with Gasteiger partial charge in [-0.1, -0.05) is 24.4 Å². The standard InChI is InChI=1S/C10H17NO/c1-2-4-9(5-3-1)8-11-12-10-6-7-10/h8-10H,1-7H2. The predicted molar refractivity (Wildman–Crippen MR) is 49.2 cm³/mol. The Hall–Kier alpha value is -0.530. The molecule has 2 nitrogen and oxygen atoms in total. The highest BCUT2D eigenvalue weighted by Gasteiger charge is 2.23. The molecule has 2 aliphatic carbocycles. The van der Waals surface area contributed by atoms with Gasteiger partial charge in [-0.25, -0.2) is 0 Å². The van der Waals surface area contributed by atoms with E-state index in [1.165, 1.54) is 44.9 Å². The van der Waals surface area contributed by atoms with Gasteiger partial charge in [0, 0.05) is 6.21 Å². The quantitative estimate of drug-likeness (QED) is 0.468. The summed E-state index contributed by atoms with van der Waals surface area (Å²) in [6.07, 6.45) is 11.7. The summed E-state index contributed by atoms with van der Waals surface area (Å²) in [5.74, 6) is 0.706. The fraction of sp³-hybridized carbons (Fsp3) is 0.900. The highest BCUT2D eigenvalue weighted by Crippen LogP contribution is 2.25. The molecule has 0 aromatic carbocycles. The number of oxime groups is 1. The number of rotatable bonds is 3. The van der Waals surface area contributed by atoms with E-state index in [1.807, 2.05) is 6.21 Å². The molecule has 0 N–H and O–H groups in total. The summed E-state index contributed by atoms with van der Waals surface area (Å²) in [4.78, 5) is 5.23. The maximum atomic E-state index is 5.23. The van der Waals surface area contributed by atoms with Gasteiger partial charge in [0.1, 0.15) is 6.10 Å². The van der Waals surface area contributed by atoms with Gasteiger partial charge >= 0.3 is 0 Å². The van der Waals surface area contributed by atoms with Gasteiger partial charge in [0.05, 0.1) is 0 Å². The molecule has 2 rings (SSSR count). The molecule has 0 unspecified atom stereocenters. The average molecular weight is 167 g/mol. The van der Waals surface area contributed by atoms with E-state index < -0.39 is 0 Å². The van der Waals surface area contributed by atoms with Crippen LogP contribution in [0.1, 0.15) is 44.9 Å². The zero-order chi connectivity index (χ0) is 8.23. The smallest absolute Gasteiger partial charge is 0.127 e. The van der Waals surface area contributed by atoms with Crippen LogP contribution in [0.3, 0.4) is 0 Å². The lowest BCUT2D eigenvalue weighted by Gasteiger charge is -2.16. The predicted octanol–water partition coefficient (Wildman–Crippen LogP) is 2.73. The number of nitrogens with zero attached hydrogens (tertiary/aromatic N) is 1. The van der Waals surface area contributed by atoms with E-state index in [0.717, 1.165) is 0 Å². The van der Waals surface area contributed by atoms with Gasteiger partial charge in [0.2, 0.25) is 0 Å². The van der Waals surface area contributed by atoms with Crippen molar-refractivity contribution in [2.75, 3.05) is 0 Å². The molecule has 2 aliphatic rings. The van der Waals surface area contributed by atoms with Crippen molar-refractivity contribution in [1.82, 2.24) is 0 Å². The van der Waals surface area contributed by atoms with Crippen LogP contribution in [0.4, 0.5) is 0 Å². The second-order valence-electron chi connectivity index (χ2n) is 3.96. The number of hydrogen-bond acceptors (Lipinski definition) is 2. The van der Waals surface area contributed by atoms with Crippen LogP contribution in [-0.2, 0) is 4.84 Å². The van der Waals surface area contributed by atoms with Crippen LogP contribution in [-0.4, -0.2) is 12.3 Å². The molecule has 2 heteroatoms. The van der Waals surface area contributed by atoms with E-state index in [-0.39, 0.29) is 0 Å². The Morgan fingerprint density at radius 3 is 2.42 bits per heavy atom. The Labute approximate surface area is 74.0 Å². The summed E-state index contributed by atoms with van der Waals surface area (Å²) in [5, 5.41) is 4.03. The first-order valence-electron chi connectivity index (χ1n) is 5.14. The molecule has 0 atom stereocenters. The first kappa shape index (κ1) is 8.09.